The predicted octanol–water partition coefficient (Wildman–Crippen LogP) is 6.20. The van der Waals surface area contributed by atoms with Crippen LogP contribution in [0.15, 0.2) is 66.2 Å². The normalized spacial score (nSPS) is 17.3. The highest BCUT2D eigenvalue weighted by Crippen LogP contribution is 2.44. The molecule has 0 aliphatic carbocycles. The Morgan fingerprint density at radius 2 is 1.66 bits per heavy atom. The first kappa shape index (κ1) is 24.2. The smallest absolute Gasteiger partial charge is 0.300 e. The molecule has 0 radical (unpaired) electrons. The van der Waals surface area contributed by atoms with Gasteiger partial charge in [-0.3, -0.25) is 14.5 Å². The maximum atomic E-state index is 13.8. The van der Waals surface area contributed by atoms with Crippen molar-refractivity contribution < 1.29 is 23.8 Å². The van der Waals surface area contributed by atoms with E-state index in [1.165, 1.54) is 29.2 Å². The lowest BCUT2D eigenvalue weighted by Crippen LogP contribution is -2.30. The number of carbonyl (C=O) groups is 2. The van der Waals surface area contributed by atoms with Crippen LogP contribution < -0.4 is 9.64 Å². The standard InChI is InChI=1S/C29H28FNO4/c1-16(2)21-15-22(18(4)14-24(21)35-5)27(32)25-26(19-10-12-20(30)13-11-19)31(29(34)28(25)33)23-9-7-6-8-17(23)3/h6-16,26,32H,1-5H3/b27-25+. The van der Waals surface area contributed by atoms with Crippen LogP contribution in [-0.4, -0.2) is 23.9 Å². The van der Waals surface area contributed by atoms with Crippen LogP contribution in [0, 0.1) is 19.7 Å². The molecule has 1 heterocycles. The highest BCUT2D eigenvalue weighted by atomic mass is 19.1. The van der Waals surface area contributed by atoms with Crippen molar-refractivity contribution in [2.75, 3.05) is 12.0 Å². The zero-order chi connectivity index (χ0) is 25.4. The van der Waals surface area contributed by atoms with Gasteiger partial charge in [-0.25, -0.2) is 4.39 Å². The fraction of sp³-hybridized carbons (Fsp3) is 0.241. The fourth-order valence-corrected chi connectivity index (χ4v) is 4.60. The Bertz CT molecular complexity index is 1340. The monoisotopic (exact) mass is 473 g/mol. The van der Waals surface area contributed by atoms with Gasteiger partial charge >= 0.3 is 0 Å². The van der Waals surface area contributed by atoms with Crippen molar-refractivity contribution in [2.24, 2.45) is 0 Å². The van der Waals surface area contributed by atoms with Crippen LogP contribution in [0.1, 0.15) is 53.6 Å². The quantitative estimate of drug-likeness (QED) is 0.272. The first-order chi connectivity index (χ1) is 16.6. The summed E-state index contributed by atoms with van der Waals surface area (Å²) in [6.07, 6.45) is 0. The number of ether oxygens (including phenoxy) is 1. The third-order valence-corrected chi connectivity index (χ3v) is 6.46. The SMILES string of the molecule is COc1cc(C)c(/C(O)=C2\C(=O)C(=O)N(c3ccccc3C)C2c2ccc(F)cc2)cc1C(C)C. The molecule has 1 atom stereocenters. The van der Waals surface area contributed by atoms with Crippen molar-refractivity contribution >= 4 is 23.1 Å². The van der Waals surface area contributed by atoms with Crippen LogP contribution in [0.3, 0.4) is 0 Å². The molecular weight excluding hydrogens is 445 g/mol. The van der Waals surface area contributed by atoms with E-state index in [0.29, 0.717) is 28.1 Å². The minimum absolute atomic E-state index is 0.0344. The van der Waals surface area contributed by atoms with E-state index in [1.807, 2.05) is 45.9 Å². The minimum atomic E-state index is -0.916. The molecular formula is C29H28FNO4. The van der Waals surface area contributed by atoms with Gasteiger partial charge in [0.15, 0.2) is 0 Å². The summed E-state index contributed by atoms with van der Waals surface area (Å²) in [5, 5.41) is 11.5. The zero-order valence-corrected chi connectivity index (χ0v) is 20.4. The van der Waals surface area contributed by atoms with Crippen molar-refractivity contribution in [3.8, 4) is 5.75 Å². The summed E-state index contributed by atoms with van der Waals surface area (Å²) in [4.78, 5) is 28.2. The Morgan fingerprint density at radius 3 is 2.26 bits per heavy atom. The molecule has 180 valence electrons. The van der Waals surface area contributed by atoms with Crippen molar-refractivity contribution in [1.82, 2.24) is 0 Å². The Labute approximate surface area is 204 Å². The maximum absolute atomic E-state index is 13.8. The third-order valence-electron chi connectivity index (χ3n) is 6.46. The number of aryl methyl sites for hydroxylation is 2. The molecule has 3 aromatic carbocycles. The van der Waals surface area contributed by atoms with E-state index in [-0.39, 0.29) is 17.3 Å². The lowest BCUT2D eigenvalue weighted by molar-refractivity contribution is -0.132. The summed E-state index contributed by atoms with van der Waals surface area (Å²) in [7, 11) is 1.59. The molecule has 1 amide bonds. The molecule has 1 aliphatic heterocycles. The second kappa shape index (κ2) is 9.37. The lowest BCUT2D eigenvalue weighted by atomic mass is 9.91. The van der Waals surface area contributed by atoms with Gasteiger partial charge in [0.1, 0.15) is 17.3 Å². The summed E-state index contributed by atoms with van der Waals surface area (Å²) >= 11 is 0. The number of amides is 1. The number of halogens is 1. The van der Waals surface area contributed by atoms with Gasteiger partial charge in [-0.15, -0.1) is 0 Å². The summed E-state index contributed by atoms with van der Waals surface area (Å²) < 4.78 is 19.3. The number of anilines is 1. The molecule has 1 fully saturated rings. The van der Waals surface area contributed by atoms with Gasteiger partial charge in [0.05, 0.1) is 18.7 Å². The number of methoxy groups -OCH3 is 1. The first-order valence-electron chi connectivity index (χ1n) is 11.5. The van der Waals surface area contributed by atoms with Crippen LogP contribution in [-0.2, 0) is 9.59 Å². The van der Waals surface area contributed by atoms with E-state index in [2.05, 4.69) is 0 Å². The molecule has 1 N–H and O–H groups in total. The van der Waals surface area contributed by atoms with E-state index in [1.54, 1.807) is 25.3 Å². The zero-order valence-electron chi connectivity index (χ0n) is 20.4. The third kappa shape index (κ3) is 4.20. The number of ketones is 1. The highest BCUT2D eigenvalue weighted by molar-refractivity contribution is 6.51. The van der Waals surface area contributed by atoms with Crippen molar-refractivity contribution in [3.05, 3.63) is 99.9 Å². The van der Waals surface area contributed by atoms with Crippen LogP contribution in [0.4, 0.5) is 10.1 Å². The van der Waals surface area contributed by atoms with Crippen LogP contribution in [0.2, 0.25) is 0 Å². The number of hydrogen-bond acceptors (Lipinski definition) is 4. The van der Waals surface area contributed by atoms with Gasteiger partial charge < -0.3 is 9.84 Å². The molecule has 0 saturated carbocycles. The van der Waals surface area contributed by atoms with E-state index >= 15 is 0 Å². The fourth-order valence-electron chi connectivity index (χ4n) is 4.60. The molecule has 0 spiro atoms. The number of carbonyl (C=O) groups excluding carboxylic acids is 2. The number of nitrogens with zero attached hydrogens (tertiary/aromatic N) is 1. The predicted molar refractivity (Wildman–Crippen MR) is 134 cm³/mol. The second-order valence-corrected chi connectivity index (χ2v) is 9.07. The summed E-state index contributed by atoms with van der Waals surface area (Å²) in [6.45, 7) is 7.67. The number of rotatable bonds is 5. The maximum Gasteiger partial charge on any atom is 0.300 e. The molecule has 1 aliphatic rings. The molecule has 5 nitrogen and oxygen atoms in total. The average molecular weight is 474 g/mol. The Hall–Kier alpha value is -3.93. The van der Waals surface area contributed by atoms with Gasteiger partial charge in [-0.05, 0) is 72.4 Å². The highest BCUT2D eigenvalue weighted by Gasteiger charge is 2.47. The molecule has 0 aromatic heterocycles. The molecule has 6 heteroatoms. The number of aliphatic hydroxyl groups excluding tert-OH is 1. The minimum Gasteiger partial charge on any atom is -0.507 e. The molecule has 0 bridgehead atoms. The topological polar surface area (TPSA) is 66.8 Å². The largest absolute Gasteiger partial charge is 0.507 e. The molecule has 35 heavy (non-hydrogen) atoms. The number of hydrogen-bond donors (Lipinski definition) is 1. The number of benzene rings is 3. The van der Waals surface area contributed by atoms with E-state index in [0.717, 1.165) is 11.1 Å². The van der Waals surface area contributed by atoms with Gasteiger partial charge in [0.2, 0.25) is 0 Å². The van der Waals surface area contributed by atoms with Crippen molar-refractivity contribution in [1.29, 1.82) is 0 Å². The number of para-hydroxylation sites is 1. The summed E-state index contributed by atoms with van der Waals surface area (Å²) in [6, 6.07) is 15.6. The van der Waals surface area contributed by atoms with E-state index in [4.69, 9.17) is 4.74 Å². The van der Waals surface area contributed by atoms with Crippen LogP contribution in [0.5, 0.6) is 5.75 Å². The second-order valence-electron chi connectivity index (χ2n) is 9.07. The Balaban J connectivity index is 2.00. The average Bonchev–Trinajstić information content (AvgIpc) is 3.09. The van der Waals surface area contributed by atoms with Gasteiger partial charge in [-0.1, -0.05) is 44.2 Å². The van der Waals surface area contributed by atoms with Crippen LogP contribution in [0.25, 0.3) is 5.76 Å². The molecule has 1 unspecified atom stereocenters. The summed E-state index contributed by atoms with van der Waals surface area (Å²) in [5.74, 6) is -1.46. The van der Waals surface area contributed by atoms with E-state index in [9.17, 15) is 19.1 Å². The molecule has 1 saturated heterocycles. The first-order valence-corrected chi connectivity index (χ1v) is 11.5. The van der Waals surface area contributed by atoms with Gasteiger partial charge in [0, 0.05) is 11.3 Å². The lowest BCUT2D eigenvalue weighted by Gasteiger charge is -2.27. The van der Waals surface area contributed by atoms with Gasteiger partial charge in [0.25, 0.3) is 11.7 Å². The number of Topliss-reactive ketones (excluding diaryl/α,β-unsaturated/α-hetero) is 1. The van der Waals surface area contributed by atoms with Crippen molar-refractivity contribution in [2.45, 2.75) is 39.7 Å². The van der Waals surface area contributed by atoms with Crippen molar-refractivity contribution in [3.63, 3.8) is 0 Å². The molecule has 3 aromatic rings. The van der Waals surface area contributed by atoms with Crippen LogP contribution >= 0.6 is 0 Å². The number of aliphatic hydroxyl groups is 1. The Kier molecular flexibility index (Phi) is 6.48. The van der Waals surface area contributed by atoms with Gasteiger partial charge in [-0.2, -0.15) is 0 Å². The molecule has 4 rings (SSSR count). The Morgan fingerprint density at radius 1 is 1.00 bits per heavy atom. The van der Waals surface area contributed by atoms with E-state index < -0.39 is 23.5 Å². The summed E-state index contributed by atoms with van der Waals surface area (Å²) in [5.41, 5.74) is 3.85.